The summed E-state index contributed by atoms with van der Waals surface area (Å²) in [4.78, 5) is 0. The Morgan fingerprint density at radius 1 is 1.29 bits per heavy atom. The number of ether oxygens (including phenoxy) is 2. The Morgan fingerprint density at radius 2 is 2.00 bits per heavy atom. The third-order valence-corrected chi connectivity index (χ3v) is 2.20. The maximum absolute atomic E-state index is 5.71. The van der Waals surface area contributed by atoms with Gasteiger partial charge in [-0.3, -0.25) is 0 Å². The molecular weight excluding hydrogens is 212 g/mol. The predicted molar refractivity (Wildman–Crippen MR) is 71.4 cm³/mol. The lowest BCUT2D eigenvalue weighted by Crippen LogP contribution is -2.19. The van der Waals surface area contributed by atoms with Gasteiger partial charge >= 0.3 is 0 Å². The molecule has 1 atom stereocenters. The second-order valence-electron chi connectivity index (χ2n) is 3.94. The third kappa shape index (κ3) is 5.93. The normalized spacial score (nSPS) is 12.6. The summed E-state index contributed by atoms with van der Waals surface area (Å²) in [6.45, 7) is 8.81. The zero-order valence-electron chi connectivity index (χ0n) is 10.6. The number of aryl methyl sites for hydroxylation is 1. The third-order valence-electron chi connectivity index (χ3n) is 2.20. The summed E-state index contributed by atoms with van der Waals surface area (Å²) in [6, 6.07) is 8.03. The lowest BCUT2D eigenvalue weighted by molar-refractivity contribution is 0.0736. The number of allylic oxidation sites excluding steroid dienone is 2. The molecule has 1 unspecified atom stereocenters. The van der Waals surface area contributed by atoms with Crippen LogP contribution in [0.25, 0.3) is 0 Å². The van der Waals surface area contributed by atoms with Crippen LogP contribution in [-0.4, -0.2) is 19.3 Å². The molecule has 0 amide bonds. The first-order valence-electron chi connectivity index (χ1n) is 5.81. The fraction of sp³-hybridized carbons (Fsp3) is 0.333. The van der Waals surface area contributed by atoms with E-state index in [1.165, 1.54) is 5.56 Å². The Morgan fingerprint density at radius 3 is 2.65 bits per heavy atom. The molecule has 17 heavy (non-hydrogen) atoms. The molecule has 0 bridgehead atoms. The first-order chi connectivity index (χ1) is 8.22. The largest absolute Gasteiger partial charge is 0.488 e. The van der Waals surface area contributed by atoms with Gasteiger partial charge in [0.1, 0.15) is 11.9 Å². The molecule has 0 aliphatic rings. The van der Waals surface area contributed by atoms with Crippen molar-refractivity contribution in [2.75, 3.05) is 13.2 Å². The van der Waals surface area contributed by atoms with Gasteiger partial charge in [-0.2, -0.15) is 0 Å². The van der Waals surface area contributed by atoms with Crippen LogP contribution in [0.2, 0.25) is 0 Å². The van der Waals surface area contributed by atoms with Gasteiger partial charge in [0.2, 0.25) is 0 Å². The predicted octanol–water partition coefficient (Wildman–Crippen LogP) is 3.52. The smallest absolute Gasteiger partial charge is 0.119 e. The molecule has 0 fully saturated rings. The second kappa shape index (κ2) is 7.69. The molecule has 1 aromatic rings. The molecule has 0 heterocycles. The van der Waals surface area contributed by atoms with Gasteiger partial charge in [-0.25, -0.2) is 0 Å². The number of benzene rings is 1. The first-order valence-corrected chi connectivity index (χ1v) is 5.81. The summed E-state index contributed by atoms with van der Waals surface area (Å²) in [5.74, 6) is 0.883. The van der Waals surface area contributed by atoms with E-state index in [1.807, 2.05) is 43.3 Å². The standard InChI is InChI=1S/C15H20O2/c1-4-5-6-11-16-12-14(3)17-15-9-7-13(2)8-10-15/h4-10,14H,1,11-12H2,2-3H3. The van der Waals surface area contributed by atoms with E-state index in [-0.39, 0.29) is 6.10 Å². The lowest BCUT2D eigenvalue weighted by Gasteiger charge is -2.14. The van der Waals surface area contributed by atoms with Crippen LogP contribution in [0.5, 0.6) is 5.75 Å². The van der Waals surface area contributed by atoms with Crippen LogP contribution in [-0.2, 0) is 4.74 Å². The monoisotopic (exact) mass is 232 g/mol. The Hall–Kier alpha value is -1.54. The van der Waals surface area contributed by atoms with Crippen LogP contribution in [0.15, 0.2) is 49.1 Å². The van der Waals surface area contributed by atoms with Crippen molar-refractivity contribution in [3.63, 3.8) is 0 Å². The highest BCUT2D eigenvalue weighted by atomic mass is 16.5. The summed E-state index contributed by atoms with van der Waals surface area (Å²) >= 11 is 0. The number of rotatable bonds is 7. The Kier molecular flexibility index (Phi) is 6.12. The molecule has 0 saturated carbocycles. The summed E-state index contributed by atoms with van der Waals surface area (Å²) < 4.78 is 11.1. The molecule has 0 saturated heterocycles. The van der Waals surface area contributed by atoms with Crippen LogP contribution in [0.3, 0.4) is 0 Å². The summed E-state index contributed by atoms with van der Waals surface area (Å²) in [7, 11) is 0. The molecule has 2 nitrogen and oxygen atoms in total. The highest BCUT2D eigenvalue weighted by Gasteiger charge is 2.03. The summed E-state index contributed by atoms with van der Waals surface area (Å²) in [5.41, 5.74) is 1.23. The van der Waals surface area contributed by atoms with Crippen molar-refractivity contribution in [1.82, 2.24) is 0 Å². The maximum Gasteiger partial charge on any atom is 0.119 e. The molecule has 0 aliphatic carbocycles. The minimum Gasteiger partial charge on any atom is -0.488 e. The van der Waals surface area contributed by atoms with Gasteiger partial charge in [-0.15, -0.1) is 0 Å². The van der Waals surface area contributed by atoms with Gasteiger partial charge in [-0.1, -0.05) is 42.5 Å². The van der Waals surface area contributed by atoms with Crippen LogP contribution in [0.1, 0.15) is 12.5 Å². The van der Waals surface area contributed by atoms with E-state index < -0.39 is 0 Å². The van der Waals surface area contributed by atoms with Crippen molar-refractivity contribution >= 4 is 0 Å². The van der Waals surface area contributed by atoms with Crippen molar-refractivity contribution in [3.05, 3.63) is 54.6 Å². The molecule has 2 heteroatoms. The number of hydrogen-bond acceptors (Lipinski definition) is 2. The van der Waals surface area contributed by atoms with E-state index in [9.17, 15) is 0 Å². The van der Waals surface area contributed by atoms with E-state index in [0.717, 1.165) is 5.75 Å². The molecule has 0 radical (unpaired) electrons. The molecule has 0 aliphatic heterocycles. The van der Waals surface area contributed by atoms with Crippen molar-refractivity contribution < 1.29 is 9.47 Å². The Bertz CT molecular complexity index is 352. The molecule has 0 aromatic heterocycles. The van der Waals surface area contributed by atoms with E-state index >= 15 is 0 Å². The Balaban J connectivity index is 2.24. The van der Waals surface area contributed by atoms with Gasteiger partial charge in [0.25, 0.3) is 0 Å². The second-order valence-corrected chi connectivity index (χ2v) is 3.94. The van der Waals surface area contributed by atoms with Gasteiger partial charge in [0.05, 0.1) is 13.2 Å². The zero-order chi connectivity index (χ0) is 12.5. The van der Waals surface area contributed by atoms with E-state index in [0.29, 0.717) is 13.2 Å². The van der Waals surface area contributed by atoms with Crippen molar-refractivity contribution in [3.8, 4) is 5.75 Å². The topological polar surface area (TPSA) is 18.5 Å². The molecule has 1 rings (SSSR count). The van der Waals surface area contributed by atoms with E-state index in [1.54, 1.807) is 6.08 Å². The average molecular weight is 232 g/mol. The molecule has 92 valence electrons. The van der Waals surface area contributed by atoms with E-state index in [2.05, 4.69) is 13.5 Å². The quantitative estimate of drug-likeness (QED) is 0.529. The zero-order valence-corrected chi connectivity index (χ0v) is 10.6. The molecule has 1 aromatic carbocycles. The van der Waals surface area contributed by atoms with E-state index in [4.69, 9.17) is 9.47 Å². The lowest BCUT2D eigenvalue weighted by atomic mass is 10.2. The van der Waals surface area contributed by atoms with Crippen LogP contribution in [0, 0.1) is 6.92 Å². The highest BCUT2D eigenvalue weighted by molar-refractivity contribution is 5.26. The fourth-order valence-electron chi connectivity index (χ4n) is 1.34. The fourth-order valence-corrected chi connectivity index (χ4v) is 1.34. The molecular formula is C15H20O2. The van der Waals surface area contributed by atoms with Gasteiger partial charge in [-0.05, 0) is 26.0 Å². The van der Waals surface area contributed by atoms with Crippen LogP contribution in [0.4, 0.5) is 0 Å². The first kappa shape index (κ1) is 13.5. The van der Waals surface area contributed by atoms with Crippen molar-refractivity contribution in [2.24, 2.45) is 0 Å². The molecule has 0 N–H and O–H groups in total. The minimum atomic E-state index is 0.0508. The summed E-state index contributed by atoms with van der Waals surface area (Å²) in [5, 5.41) is 0. The summed E-state index contributed by atoms with van der Waals surface area (Å²) in [6.07, 6.45) is 5.57. The van der Waals surface area contributed by atoms with Gasteiger partial charge in [0, 0.05) is 0 Å². The number of hydrogen-bond donors (Lipinski definition) is 0. The van der Waals surface area contributed by atoms with Gasteiger partial charge < -0.3 is 9.47 Å². The van der Waals surface area contributed by atoms with Crippen molar-refractivity contribution in [2.45, 2.75) is 20.0 Å². The van der Waals surface area contributed by atoms with Crippen LogP contribution >= 0.6 is 0 Å². The highest BCUT2D eigenvalue weighted by Crippen LogP contribution is 2.13. The Labute approximate surface area is 104 Å². The minimum absolute atomic E-state index is 0.0508. The van der Waals surface area contributed by atoms with Gasteiger partial charge in [0.15, 0.2) is 0 Å². The van der Waals surface area contributed by atoms with Crippen LogP contribution < -0.4 is 4.74 Å². The van der Waals surface area contributed by atoms with Crippen molar-refractivity contribution in [1.29, 1.82) is 0 Å². The maximum atomic E-state index is 5.71. The molecule has 0 spiro atoms. The average Bonchev–Trinajstić information content (AvgIpc) is 2.32. The SMILES string of the molecule is C=CC=CCOCC(C)Oc1ccc(C)cc1.